The smallest absolute Gasteiger partial charge is 0.159 e. The monoisotopic (exact) mass is 312 g/mol. The van der Waals surface area contributed by atoms with Crippen LogP contribution in [0.15, 0.2) is 59.0 Å². The average Bonchev–Trinajstić information content (AvgIpc) is 2.51. The van der Waals surface area contributed by atoms with E-state index in [-0.39, 0.29) is 11.3 Å². The summed E-state index contributed by atoms with van der Waals surface area (Å²) in [6.07, 6.45) is 7.35. The van der Waals surface area contributed by atoms with Gasteiger partial charge in [0.05, 0.1) is 0 Å². The van der Waals surface area contributed by atoms with Crippen molar-refractivity contribution >= 4 is 17.5 Å². The second-order valence-electron chi connectivity index (χ2n) is 7.10. The summed E-state index contributed by atoms with van der Waals surface area (Å²) in [5.74, 6) is 2.27. The number of ketones is 1. The highest BCUT2D eigenvalue weighted by Gasteiger charge is 2.45. The maximum atomic E-state index is 12.6. The molecule has 22 heavy (non-hydrogen) atoms. The van der Waals surface area contributed by atoms with Gasteiger partial charge in [0.25, 0.3) is 0 Å². The van der Waals surface area contributed by atoms with Crippen LogP contribution in [0.2, 0.25) is 0 Å². The first-order valence-electron chi connectivity index (χ1n) is 8.06. The van der Waals surface area contributed by atoms with Gasteiger partial charge >= 0.3 is 0 Å². The molecule has 3 rings (SSSR count). The minimum absolute atomic E-state index is 0.117. The molecule has 0 spiro atoms. The standard InChI is InChI=1S/C20H24OS/c1-14-9-10-17-19(18(21)11-12-20(17,2)3)16(14)13-22-15-7-5-4-6-8-15/h4-9,11-12,16-17,19H,10,13H2,1-3H3/t16-,17+,19+/m0/s1. The SMILES string of the molecule is CC1=CC[C@@H]2[C@H](C(=O)C=CC2(C)C)[C@H]1CSc1ccccc1. The van der Waals surface area contributed by atoms with E-state index in [0.29, 0.717) is 17.6 Å². The van der Waals surface area contributed by atoms with Gasteiger partial charge in [-0.25, -0.2) is 0 Å². The first-order valence-corrected chi connectivity index (χ1v) is 9.05. The molecule has 1 aromatic carbocycles. The van der Waals surface area contributed by atoms with Crippen LogP contribution in [0.1, 0.15) is 27.2 Å². The first-order chi connectivity index (χ1) is 10.5. The van der Waals surface area contributed by atoms with E-state index in [1.54, 1.807) is 0 Å². The fourth-order valence-electron chi connectivity index (χ4n) is 3.81. The molecule has 0 heterocycles. The van der Waals surface area contributed by atoms with Crippen molar-refractivity contribution < 1.29 is 4.79 Å². The molecule has 2 aliphatic rings. The molecule has 0 saturated carbocycles. The average molecular weight is 312 g/mol. The second kappa shape index (κ2) is 6.08. The minimum atomic E-state index is 0.117. The molecule has 0 unspecified atom stereocenters. The molecule has 1 aromatic rings. The normalized spacial score (nSPS) is 29.9. The lowest BCUT2D eigenvalue weighted by Gasteiger charge is -2.45. The predicted octanol–water partition coefficient (Wildman–Crippen LogP) is 5.14. The molecule has 1 nitrogen and oxygen atoms in total. The van der Waals surface area contributed by atoms with Crippen molar-refractivity contribution in [1.29, 1.82) is 0 Å². The number of thioether (sulfide) groups is 1. The van der Waals surface area contributed by atoms with Crippen molar-refractivity contribution in [3.63, 3.8) is 0 Å². The summed E-state index contributed by atoms with van der Waals surface area (Å²) >= 11 is 1.87. The maximum absolute atomic E-state index is 12.6. The third-order valence-electron chi connectivity index (χ3n) is 5.28. The zero-order chi connectivity index (χ0) is 15.7. The van der Waals surface area contributed by atoms with E-state index in [1.807, 2.05) is 23.9 Å². The number of allylic oxidation sites excluding steroid dienone is 4. The van der Waals surface area contributed by atoms with E-state index in [1.165, 1.54) is 10.5 Å². The van der Waals surface area contributed by atoms with Crippen molar-refractivity contribution in [3.8, 4) is 0 Å². The van der Waals surface area contributed by atoms with Crippen LogP contribution in [0, 0.1) is 23.2 Å². The van der Waals surface area contributed by atoms with Crippen molar-refractivity contribution in [2.45, 2.75) is 32.1 Å². The molecule has 2 aliphatic carbocycles. The molecule has 0 radical (unpaired) electrons. The number of benzene rings is 1. The zero-order valence-electron chi connectivity index (χ0n) is 13.6. The van der Waals surface area contributed by atoms with Gasteiger partial charge in [-0.1, -0.05) is 49.8 Å². The van der Waals surface area contributed by atoms with Gasteiger partial charge in [0.15, 0.2) is 5.78 Å². The Morgan fingerprint density at radius 1 is 1.23 bits per heavy atom. The molecule has 0 saturated heterocycles. The molecule has 3 atom stereocenters. The largest absolute Gasteiger partial charge is 0.295 e. The van der Waals surface area contributed by atoms with Gasteiger partial charge in [-0.15, -0.1) is 11.8 Å². The third kappa shape index (κ3) is 2.94. The highest BCUT2D eigenvalue weighted by molar-refractivity contribution is 7.99. The Kier molecular flexibility index (Phi) is 4.31. The molecule has 0 aliphatic heterocycles. The van der Waals surface area contributed by atoms with E-state index in [4.69, 9.17) is 0 Å². The molecular formula is C20H24OS. The molecule has 0 amide bonds. The van der Waals surface area contributed by atoms with E-state index < -0.39 is 0 Å². The lowest BCUT2D eigenvalue weighted by molar-refractivity contribution is -0.123. The van der Waals surface area contributed by atoms with E-state index >= 15 is 0 Å². The van der Waals surface area contributed by atoms with Crippen molar-refractivity contribution in [2.75, 3.05) is 5.75 Å². The Labute approximate surface area is 137 Å². The summed E-state index contributed by atoms with van der Waals surface area (Å²) in [6, 6.07) is 10.5. The molecule has 2 heteroatoms. The highest BCUT2D eigenvalue weighted by Crippen LogP contribution is 2.49. The number of hydrogen-bond donors (Lipinski definition) is 0. The molecule has 0 N–H and O–H groups in total. The molecular weight excluding hydrogens is 288 g/mol. The van der Waals surface area contributed by atoms with E-state index in [0.717, 1.165) is 12.2 Å². The lowest BCUT2D eigenvalue weighted by atomic mass is 9.59. The zero-order valence-corrected chi connectivity index (χ0v) is 14.4. The van der Waals surface area contributed by atoms with Crippen LogP contribution in [0.5, 0.6) is 0 Å². The Hall–Kier alpha value is -1.28. The summed E-state index contributed by atoms with van der Waals surface area (Å²) in [5.41, 5.74) is 1.51. The maximum Gasteiger partial charge on any atom is 0.159 e. The molecule has 0 aromatic heterocycles. The minimum Gasteiger partial charge on any atom is -0.295 e. The quantitative estimate of drug-likeness (QED) is 0.567. The Bertz CT molecular complexity index is 612. The predicted molar refractivity (Wildman–Crippen MR) is 93.9 cm³/mol. The number of rotatable bonds is 3. The molecule has 0 fully saturated rings. The third-order valence-corrected chi connectivity index (χ3v) is 6.41. The highest BCUT2D eigenvalue weighted by atomic mass is 32.2. The van der Waals surface area contributed by atoms with Crippen LogP contribution in [0.3, 0.4) is 0 Å². The van der Waals surface area contributed by atoms with Crippen LogP contribution in [-0.2, 0) is 4.79 Å². The first kappa shape index (κ1) is 15.6. The topological polar surface area (TPSA) is 17.1 Å². The van der Waals surface area contributed by atoms with Crippen molar-refractivity contribution in [2.24, 2.45) is 23.2 Å². The van der Waals surface area contributed by atoms with Crippen LogP contribution in [-0.4, -0.2) is 11.5 Å². The molecule has 116 valence electrons. The summed E-state index contributed by atoms with van der Waals surface area (Å²) < 4.78 is 0. The van der Waals surface area contributed by atoms with Crippen LogP contribution in [0.4, 0.5) is 0 Å². The fourth-order valence-corrected chi connectivity index (χ4v) is 5.00. The van der Waals surface area contributed by atoms with Crippen LogP contribution < -0.4 is 0 Å². The van der Waals surface area contributed by atoms with Gasteiger partial charge in [0.2, 0.25) is 0 Å². The van der Waals surface area contributed by atoms with Gasteiger partial charge in [0, 0.05) is 16.6 Å². The van der Waals surface area contributed by atoms with Gasteiger partial charge < -0.3 is 0 Å². The summed E-state index contributed by atoms with van der Waals surface area (Å²) in [6.45, 7) is 6.73. The lowest BCUT2D eigenvalue weighted by Crippen LogP contribution is -2.43. The van der Waals surface area contributed by atoms with Gasteiger partial charge in [-0.3, -0.25) is 4.79 Å². The Morgan fingerprint density at radius 3 is 2.68 bits per heavy atom. The van der Waals surface area contributed by atoms with Gasteiger partial charge in [0.1, 0.15) is 0 Å². The molecule has 0 bridgehead atoms. The van der Waals surface area contributed by atoms with E-state index in [9.17, 15) is 4.79 Å². The van der Waals surface area contributed by atoms with E-state index in [2.05, 4.69) is 57.2 Å². The number of hydrogen-bond acceptors (Lipinski definition) is 2. The van der Waals surface area contributed by atoms with Crippen molar-refractivity contribution in [3.05, 3.63) is 54.1 Å². The summed E-state index contributed by atoms with van der Waals surface area (Å²) in [7, 11) is 0. The number of carbonyl (C=O) groups excluding carboxylic acids is 1. The van der Waals surface area contributed by atoms with Crippen molar-refractivity contribution in [1.82, 2.24) is 0 Å². The van der Waals surface area contributed by atoms with Crippen LogP contribution in [0.25, 0.3) is 0 Å². The van der Waals surface area contributed by atoms with Gasteiger partial charge in [-0.05, 0) is 48.8 Å². The Morgan fingerprint density at radius 2 is 1.95 bits per heavy atom. The second-order valence-corrected chi connectivity index (χ2v) is 8.20. The number of carbonyl (C=O) groups is 1. The van der Waals surface area contributed by atoms with Crippen LogP contribution >= 0.6 is 11.8 Å². The summed E-state index contributed by atoms with van der Waals surface area (Å²) in [5, 5.41) is 0. The Balaban J connectivity index is 1.82. The van der Waals surface area contributed by atoms with Gasteiger partial charge in [-0.2, -0.15) is 0 Å². The fraction of sp³-hybridized carbons (Fsp3) is 0.450. The number of fused-ring (bicyclic) bond motifs is 1. The summed E-state index contributed by atoms with van der Waals surface area (Å²) in [4.78, 5) is 13.8.